The first-order chi connectivity index (χ1) is 7.81. The van der Waals surface area contributed by atoms with Gasteiger partial charge in [0.1, 0.15) is 0 Å². The van der Waals surface area contributed by atoms with Crippen LogP contribution in [0.3, 0.4) is 0 Å². The van der Waals surface area contributed by atoms with Crippen molar-refractivity contribution >= 4 is 6.09 Å². The van der Waals surface area contributed by atoms with E-state index in [-0.39, 0.29) is 6.54 Å². The van der Waals surface area contributed by atoms with Crippen molar-refractivity contribution in [3.8, 4) is 0 Å². The van der Waals surface area contributed by atoms with E-state index in [1.807, 2.05) is 13.8 Å². The van der Waals surface area contributed by atoms with Crippen molar-refractivity contribution in [3.63, 3.8) is 0 Å². The van der Waals surface area contributed by atoms with Gasteiger partial charge in [0.25, 0.3) is 0 Å². The molecule has 0 aromatic heterocycles. The Bertz CT molecular complexity index is 219. The number of alkyl halides is 3. The number of rotatable bonds is 7. The number of alkyl carbamates (subject to hydrolysis) is 1. The minimum absolute atomic E-state index is 0.231. The van der Waals surface area contributed by atoms with Crippen LogP contribution >= 0.6 is 0 Å². The lowest BCUT2D eigenvalue weighted by molar-refractivity contribution is -0.160. The van der Waals surface area contributed by atoms with Crippen molar-refractivity contribution in [1.29, 1.82) is 0 Å². The molecule has 0 radical (unpaired) electrons. The highest BCUT2D eigenvalue weighted by Gasteiger charge is 2.29. The van der Waals surface area contributed by atoms with Crippen LogP contribution in [-0.2, 0) is 9.47 Å². The number of hydrogen-bond donors (Lipinski definition) is 1. The van der Waals surface area contributed by atoms with Crippen molar-refractivity contribution in [2.45, 2.75) is 26.4 Å². The Morgan fingerprint density at radius 1 is 1.35 bits per heavy atom. The summed E-state index contributed by atoms with van der Waals surface area (Å²) in [5, 5.41) is 2.20. The fourth-order valence-electron chi connectivity index (χ4n) is 0.882. The van der Waals surface area contributed by atoms with Gasteiger partial charge in [-0.15, -0.1) is 0 Å². The molecule has 1 N–H and O–H groups in total. The molecule has 7 heteroatoms. The van der Waals surface area contributed by atoms with Gasteiger partial charge in [-0.3, -0.25) is 0 Å². The SMILES string of the molecule is CC(C)COCCCNC(=O)OCC(F)(F)F. The van der Waals surface area contributed by atoms with Gasteiger partial charge in [0.05, 0.1) is 0 Å². The van der Waals surface area contributed by atoms with Gasteiger partial charge in [0.2, 0.25) is 0 Å². The molecule has 0 unspecified atom stereocenters. The first-order valence-electron chi connectivity index (χ1n) is 5.36. The number of ether oxygens (including phenoxy) is 2. The average Bonchev–Trinajstić information content (AvgIpc) is 2.19. The van der Waals surface area contributed by atoms with Crippen molar-refractivity contribution in [3.05, 3.63) is 0 Å². The first kappa shape index (κ1) is 16.0. The molecule has 0 heterocycles. The summed E-state index contributed by atoms with van der Waals surface area (Å²) in [6.07, 6.45) is -5.02. The van der Waals surface area contributed by atoms with Crippen molar-refractivity contribution in [2.75, 3.05) is 26.4 Å². The Hall–Kier alpha value is -0.980. The van der Waals surface area contributed by atoms with Gasteiger partial charge in [0, 0.05) is 19.8 Å². The maximum atomic E-state index is 11.7. The summed E-state index contributed by atoms with van der Waals surface area (Å²) in [4.78, 5) is 10.8. The second-order valence-corrected chi connectivity index (χ2v) is 3.94. The highest BCUT2D eigenvalue weighted by Crippen LogP contribution is 2.14. The van der Waals surface area contributed by atoms with Gasteiger partial charge < -0.3 is 14.8 Å². The second-order valence-electron chi connectivity index (χ2n) is 3.94. The first-order valence-corrected chi connectivity index (χ1v) is 5.36. The lowest BCUT2D eigenvalue weighted by Crippen LogP contribution is -2.30. The molecule has 0 saturated heterocycles. The molecule has 0 aromatic carbocycles. The molecule has 0 aliphatic rings. The van der Waals surface area contributed by atoms with Gasteiger partial charge in [-0.2, -0.15) is 13.2 Å². The number of halogens is 3. The predicted octanol–water partition coefficient (Wildman–Crippen LogP) is 2.34. The minimum Gasteiger partial charge on any atom is -0.440 e. The van der Waals surface area contributed by atoms with E-state index in [9.17, 15) is 18.0 Å². The van der Waals surface area contributed by atoms with E-state index in [4.69, 9.17) is 4.74 Å². The summed E-state index contributed by atoms with van der Waals surface area (Å²) in [6.45, 7) is 3.76. The standard InChI is InChI=1S/C10H18F3NO3/c1-8(2)6-16-5-3-4-14-9(15)17-7-10(11,12)13/h8H,3-7H2,1-2H3,(H,14,15). The van der Waals surface area contributed by atoms with Crippen LogP contribution in [0, 0.1) is 5.92 Å². The molecule has 17 heavy (non-hydrogen) atoms. The molecule has 1 amide bonds. The molecule has 0 aliphatic heterocycles. The zero-order valence-corrected chi connectivity index (χ0v) is 9.97. The lowest BCUT2D eigenvalue weighted by atomic mass is 10.2. The Labute approximate surface area is 98.5 Å². The molecule has 0 rings (SSSR count). The van der Waals surface area contributed by atoms with Crippen LogP contribution in [0.2, 0.25) is 0 Å². The summed E-state index contributed by atoms with van der Waals surface area (Å²) in [5.74, 6) is 0.430. The van der Waals surface area contributed by atoms with Gasteiger partial charge in [-0.1, -0.05) is 13.8 Å². The summed E-state index contributed by atoms with van der Waals surface area (Å²) in [7, 11) is 0. The quantitative estimate of drug-likeness (QED) is 0.712. The highest BCUT2D eigenvalue weighted by atomic mass is 19.4. The maximum absolute atomic E-state index is 11.7. The molecule has 0 atom stereocenters. The normalized spacial score (nSPS) is 11.6. The number of nitrogens with one attached hydrogen (secondary N) is 1. The zero-order chi connectivity index (χ0) is 13.3. The van der Waals surface area contributed by atoms with E-state index in [0.717, 1.165) is 0 Å². The number of hydrogen-bond acceptors (Lipinski definition) is 3. The molecule has 0 aromatic rings. The van der Waals surface area contributed by atoms with Crippen LogP contribution < -0.4 is 5.32 Å². The van der Waals surface area contributed by atoms with E-state index in [2.05, 4.69) is 10.1 Å². The average molecular weight is 257 g/mol. The van der Waals surface area contributed by atoms with Crippen LogP contribution in [0.4, 0.5) is 18.0 Å². The Morgan fingerprint density at radius 2 is 2.00 bits per heavy atom. The molecule has 0 aliphatic carbocycles. The van der Waals surface area contributed by atoms with Gasteiger partial charge in [-0.25, -0.2) is 4.79 Å². The molecular formula is C10H18F3NO3. The molecule has 102 valence electrons. The van der Waals surface area contributed by atoms with Gasteiger partial charge in [-0.05, 0) is 12.3 Å². The molecule has 0 spiro atoms. The van der Waals surface area contributed by atoms with E-state index in [0.29, 0.717) is 25.6 Å². The Balaban J connectivity index is 3.34. The third-order valence-electron chi connectivity index (χ3n) is 1.55. The number of amides is 1. The summed E-state index contributed by atoms with van der Waals surface area (Å²) in [5.41, 5.74) is 0. The van der Waals surface area contributed by atoms with E-state index < -0.39 is 18.9 Å². The van der Waals surface area contributed by atoms with Crippen LogP contribution in [0.25, 0.3) is 0 Å². The largest absolute Gasteiger partial charge is 0.440 e. The van der Waals surface area contributed by atoms with Crippen molar-refractivity contribution < 1.29 is 27.4 Å². The minimum atomic E-state index is -4.49. The predicted molar refractivity (Wildman–Crippen MR) is 55.7 cm³/mol. The van der Waals surface area contributed by atoms with Gasteiger partial charge >= 0.3 is 12.3 Å². The third kappa shape index (κ3) is 13.0. The molecule has 0 saturated carbocycles. The lowest BCUT2D eigenvalue weighted by Gasteiger charge is -2.09. The monoisotopic (exact) mass is 257 g/mol. The molecule has 4 nitrogen and oxygen atoms in total. The molecule has 0 bridgehead atoms. The van der Waals surface area contributed by atoms with E-state index in [1.54, 1.807) is 0 Å². The van der Waals surface area contributed by atoms with Crippen LogP contribution in [0.5, 0.6) is 0 Å². The summed E-state index contributed by atoms with van der Waals surface area (Å²) in [6, 6.07) is 0. The summed E-state index contributed by atoms with van der Waals surface area (Å²) < 4.78 is 44.1. The van der Waals surface area contributed by atoms with Crippen molar-refractivity contribution in [1.82, 2.24) is 5.32 Å². The van der Waals surface area contributed by atoms with Crippen LogP contribution in [0.1, 0.15) is 20.3 Å². The zero-order valence-electron chi connectivity index (χ0n) is 9.97. The summed E-state index contributed by atoms with van der Waals surface area (Å²) >= 11 is 0. The van der Waals surface area contributed by atoms with E-state index >= 15 is 0 Å². The topological polar surface area (TPSA) is 47.6 Å². The molecule has 0 fully saturated rings. The fraction of sp³-hybridized carbons (Fsp3) is 0.900. The maximum Gasteiger partial charge on any atom is 0.422 e. The third-order valence-corrected chi connectivity index (χ3v) is 1.55. The number of carbonyl (C=O) groups is 1. The van der Waals surface area contributed by atoms with Crippen LogP contribution in [-0.4, -0.2) is 38.6 Å². The Kier molecular flexibility index (Phi) is 7.69. The smallest absolute Gasteiger partial charge is 0.422 e. The van der Waals surface area contributed by atoms with Crippen molar-refractivity contribution in [2.24, 2.45) is 5.92 Å². The highest BCUT2D eigenvalue weighted by molar-refractivity contribution is 5.67. The fourth-order valence-corrected chi connectivity index (χ4v) is 0.882. The molecular weight excluding hydrogens is 239 g/mol. The second kappa shape index (κ2) is 8.16. The van der Waals surface area contributed by atoms with E-state index in [1.165, 1.54) is 0 Å². The number of carbonyl (C=O) groups excluding carboxylic acids is 1. The van der Waals surface area contributed by atoms with Crippen LogP contribution in [0.15, 0.2) is 0 Å². The Morgan fingerprint density at radius 3 is 2.53 bits per heavy atom. The van der Waals surface area contributed by atoms with Gasteiger partial charge in [0.15, 0.2) is 6.61 Å².